The summed E-state index contributed by atoms with van der Waals surface area (Å²) in [5.41, 5.74) is 6.31. The molecule has 0 radical (unpaired) electrons. The van der Waals surface area contributed by atoms with Gasteiger partial charge in [0.1, 0.15) is 5.82 Å². The van der Waals surface area contributed by atoms with Gasteiger partial charge in [-0.2, -0.15) is 0 Å². The average molecular weight is 352 g/mol. The summed E-state index contributed by atoms with van der Waals surface area (Å²) in [4.78, 5) is 12.0. The van der Waals surface area contributed by atoms with Crippen LogP contribution in [0.1, 0.15) is 15.9 Å². The van der Waals surface area contributed by atoms with Crippen LogP contribution in [0.2, 0.25) is 0 Å². The largest absolute Gasteiger partial charge is 0.409 e. The van der Waals surface area contributed by atoms with Gasteiger partial charge >= 0.3 is 0 Å². The summed E-state index contributed by atoms with van der Waals surface area (Å²) >= 11 is 3.14. The van der Waals surface area contributed by atoms with Crippen LogP contribution in [0, 0.1) is 5.82 Å². The van der Waals surface area contributed by atoms with E-state index < -0.39 is 11.7 Å². The molecule has 0 aliphatic carbocycles. The van der Waals surface area contributed by atoms with E-state index in [-0.39, 0.29) is 11.5 Å². The quantitative estimate of drug-likeness (QED) is 0.344. The smallest absolute Gasteiger partial charge is 0.255 e. The van der Waals surface area contributed by atoms with E-state index >= 15 is 0 Å². The van der Waals surface area contributed by atoms with Gasteiger partial charge in [0.2, 0.25) is 0 Å². The number of nitrogens with two attached hydrogens (primary N) is 1. The Bertz CT molecular complexity index is 702. The molecule has 0 aromatic heterocycles. The summed E-state index contributed by atoms with van der Waals surface area (Å²) in [5, 5.41) is 13.9. The molecule has 0 atom stereocenters. The van der Waals surface area contributed by atoms with Crippen LogP contribution in [-0.4, -0.2) is 17.0 Å². The zero-order chi connectivity index (χ0) is 15.4. The third kappa shape index (κ3) is 3.57. The number of amidine groups is 1. The van der Waals surface area contributed by atoms with E-state index in [1.165, 1.54) is 36.4 Å². The van der Waals surface area contributed by atoms with Crippen LogP contribution < -0.4 is 11.1 Å². The lowest BCUT2D eigenvalue weighted by Crippen LogP contribution is -2.15. The maximum absolute atomic E-state index is 13.6. The summed E-state index contributed by atoms with van der Waals surface area (Å²) in [6.45, 7) is 0. The molecule has 0 saturated carbocycles. The molecular formula is C14H11BrFN3O2. The lowest BCUT2D eigenvalue weighted by Gasteiger charge is -2.07. The van der Waals surface area contributed by atoms with Crippen molar-refractivity contribution in [1.29, 1.82) is 0 Å². The van der Waals surface area contributed by atoms with E-state index in [4.69, 9.17) is 10.9 Å². The Labute approximate surface area is 128 Å². The predicted molar refractivity (Wildman–Crippen MR) is 81.0 cm³/mol. The highest BCUT2D eigenvalue weighted by Crippen LogP contribution is 2.20. The van der Waals surface area contributed by atoms with Gasteiger partial charge in [-0.3, -0.25) is 4.79 Å². The number of halogens is 2. The van der Waals surface area contributed by atoms with Gasteiger partial charge in [0.05, 0.1) is 5.69 Å². The maximum Gasteiger partial charge on any atom is 0.255 e. The van der Waals surface area contributed by atoms with Crippen molar-refractivity contribution in [2.24, 2.45) is 10.9 Å². The molecule has 0 aliphatic rings. The number of carbonyl (C=O) groups excluding carboxylic acids is 1. The average Bonchev–Trinajstić information content (AvgIpc) is 2.49. The molecular weight excluding hydrogens is 341 g/mol. The summed E-state index contributed by atoms with van der Waals surface area (Å²) in [6, 6.07) is 10.4. The van der Waals surface area contributed by atoms with Crippen molar-refractivity contribution in [3.8, 4) is 0 Å². The van der Waals surface area contributed by atoms with Crippen molar-refractivity contribution in [3.05, 3.63) is 63.9 Å². The lowest BCUT2D eigenvalue weighted by molar-refractivity contribution is 0.102. The molecule has 2 aromatic rings. The molecule has 108 valence electrons. The van der Waals surface area contributed by atoms with Gasteiger partial charge in [0.25, 0.3) is 5.91 Å². The highest BCUT2D eigenvalue weighted by Gasteiger charge is 2.10. The van der Waals surface area contributed by atoms with Crippen LogP contribution in [0.5, 0.6) is 0 Å². The minimum Gasteiger partial charge on any atom is -0.409 e. The van der Waals surface area contributed by atoms with E-state index in [0.717, 1.165) is 0 Å². The molecule has 2 rings (SSSR count). The van der Waals surface area contributed by atoms with Crippen LogP contribution in [0.25, 0.3) is 0 Å². The first-order chi connectivity index (χ1) is 10.0. The molecule has 0 bridgehead atoms. The molecule has 0 spiro atoms. The number of hydrogen-bond donors (Lipinski definition) is 3. The number of nitrogens with zero attached hydrogens (tertiary/aromatic N) is 1. The van der Waals surface area contributed by atoms with Crippen molar-refractivity contribution >= 4 is 33.4 Å². The zero-order valence-electron chi connectivity index (χ0n) is 10.7. The Morgan fingerprint density at radius 3 is 2.38 bits per heavy atom. The number of hydrogen-bond acceptors (Lipinski definition) is 3. The first-order valence-electron chi connectivity index (χ1n) is 5.85. The monoisotopic (exact) mass is 351 g/mol. The fraction of sp³-hybridized carbons (Fsp3) is 0. The number of anilines is 1. The van der Waals surface area contributed by atoms with Crippen LogP contribution in [0.4, 0.5) is 10.1 Å². The van der Waals surface area contributed by atoms with E-state index in [0.29, 0.717) is 15.6 Å². The number of carbonyl (C=O) groups is 1. The number of amides is 1. The first kappa shape index (κ1) is 15.0. The standard InChI is InChI=1S/C14H11BrFN3O2/c15-10-5-6-12(11(16)7-10)18-14(20)9-3-1-8(2-4-9)13(17)19-21/h1-7,21H,(H2,17,19)(H,18,20). The fourth-order valence-electron chi connectivity index (χ4n) is 1.64. The summed E-state index contributed by atoms with van der Waals surface area (Å²) < 4.78 is 14.2. The molecule has 0 aliphatic heterocycles. The highest BCUT2D eigenvalue weighted by molar-refractivity contribution is 9.10. The molecule has 0 heterocycles. The predicted octanol–water partition coefficient (Wildman–Crippen LogP) is 2.94. The highest BCUT2D eigenvalue weighted by atomic mass is 79.9. The first-order valence-corrected chi connectivity index (χ1v) is 6.65. The van der Waals surface area contributed by atoms with Crippen LogP contribution >= 0.6 is 15.9 Å². The Balaban J connectivity index is 2.17. The second-order valence-electron chi connectivity index (χ2n) is 4.14. The van der Waals surface area contributed by atoms with Crippen LogP contribution in [0.15, 0.2) is 52.1 Å². The van der Waals surface area contributed by atoms with E-state index in [1.54, 1.807) is 6.07 Å². The van der Waals surface area contributed by atoms with E-state index in [1.807, 2.05) is 0 Å². The Morgan fingerprint density at radius 1 is 1.19 bits per heavy atom. The molecule has 0 fully saturated rings. The Hall–Kier alpha value is -2.41. The van der Waals surface area contributed by atoms with Crippen LogP contribution in [0.3, 0.4) is 0 Å². The zero-order valence-corrected chi connectivity index (χ0v) is 12.3. The van der Waals surface area contributed by atoms with Crippen molar-refractivity contribution < 1.29 is 14.4 Å². The van der Waals surface area contributed by atoms with Gasteiger partial charge in [-0.15, -0.1) is 0 Å². The van der Waals surface area contributed by atoms with Gasteiger partial charge in [0, 0.05) is 15.6 Å². The minimum atomic E-state index is -0.536. The second-order valence-corrected chi connectivity index (χ2v) is 5.06. The van der Waals surface area contributed by atoms with Crippen molar-refractivity contribution in [2.45, 2.75) is 0 Å². The fourth-order valence-corrected chi connectivity index (χ4v) is 1.97. The van der Waals surface area contributed by atoms with Crippen molar-refractivity contribution in [2.75, 3.05) is 5.32 Å². The van der Waals surface area contributed by atoms with Gasteiger partial charge in [0.15, 0.2) is 5.84 Å². The number of oxime groups is 1. The molecule has 0 unspecified atom stereocenters. The van der Waals surface area contributed by atoms with Gasteiger partial charge in [-0.05, 0) is 30.3 Å². The number of nitrogens with one attached hydrogen (secondary N) is 1. The maximum atomic E-state index is 13.6. The summed E-state index contributed by atoms with van der Waals surface area (Å²) in [7, 11) is 0. The Morgan fingerprint density at radius 2 is 1.81 bits per heavy atom. The lowest BCUT2D eigenvalue weighted by atomic mass is 10.1. The van der Waals surface area contributed by atoms with Gasteiger partial charge in [-0.25, -0.2) is 4.39 Å². The molecule has 2 aromatic carbocycles. The normalized spacial score (nSPS) is 11.2. The topological polar surface area (TPSA) is 87.7 Å². The third-order valence-electron chi connectivity index (χ3n) is 2.73. The van der Waals surface area contributed by atoms with Gasteiger partial charge in [-0.1, -0.05) is 33.2 Å². The van der Waals surface area contributed by atoms with Crippen molar-refractivity contribution in [3.63, 3.8) is 0 Å². The Kier molecular flexibility index (Phi) is 4.54. The second kappa shape index (κ2) is 6.36. The van der Waals surface area contributed by atoms with E-state index in [9.17, 15) is 9.18 Å². The molecule has 1 amide bonds. The molecule has 0 saturated heterocycles. The molecule has 7 heteroatoms. The molecule has 4 N–H and O–H groups in total. The van der Waals surface area contributed by atoms with E-state index in [2.05, 4.69) is 26.4 Å². The van der Waals surface area contributed by atoms with Crippen molar-refractivity contribution in [1.82, 2.24) is 0 Å². The molecule has 5 nitrogen and oxygen atoms in total. The molecule has 21 heavy (non-hydrogen) atoms. The summed E-state index contributed by atoms with van der Waals surface area (Å²) in [6.07, 6.45) is 0. The summed E-state index contributed by atoms with van der Waals surface area (Å²) in [5.74, 6) is -1.05. The minimum absolute atomic E-state index is 0.0547. The SMILES string of the molecule is N/C(=N\O)c1ccc(C(=O)Nc2ccc(Br)cc2F)cc1. The number of benzene rings is 2. The van der Waals surface area contributed by atoms with Crippen LogP contribution in [-0.2, 0) is 0 Å². The number of rotatable bonds is 3. The third-order valence-corrected chi connectivity index (χ3v) is 3.22. The van der Waals surface area contributed by atoms with Gasteiger partial charge < -0.3 is 16.3 Å².